The lowest BCUT2D eigenvalue weighted by Crippen LogP contribution is -2.15. The van der Waals surface area contributed by atoms with Crippen LogP contribution in [-0.4, -0.2) is 12.5 Å². The minimum absolute atomic E-state index is 0.0922. The molecule has 0 aliphatic rings. The molecule has 0 saturated heterocycles. The van der Waals surface area contributed by atoms with Gasteiger partial charge in [-0.05, 0) is 34.9 Å². The molecule has 2 rings (SSSR count). The van der Waals surface area contributed by atoms with Crippen LogP contribution in [0.5, 0.6) is 5.75 Å². The van der Waals surface area contributed by atoms with Crippen molar-refractivity contribution in [3.63, 3.8) is 0 Å². The number of ether oxygens (including phenoxy) is 1. The third-order valence-electron chi connectivity index (χ3n) is 3.52. The summed E-state index contributed by atoms with van der Waals surface area (Å²) in [6, 6.07) is 11.7. The molecular formula is C19H22N2O2S. The molecule has 1 amide bonds. The number of amides is 1. The lowest BCUT2D eigenvalue weighted by Gasteiger charge is -2.17. The van der Waals surface area contributed by atoms with Crippen molar-refractivity contribution in [1.29, 1.82) is 5.26 Å². The van der Waals surface area contributed by atoms with Crippen LogP contribution >= 0.6 is 11.3 Å². The predicted molar refractivity (Wildman–Crippen MR) is 97.5 cm³/mol. The quantitative estimate of drug-likeness (QED) is 0.773. The van der Waals surface area contributed by atoms with Gasteiger partial charge in [0.1, 0.15) is 16.8 Å². The second kappa shape index (κ2) is 7.98. The summed E-state index contributed by atoms with van der Waals surface area (Å²) in [6.07, 6.45) is 0.987. The third-order valence-corrected chi connectivity index (χ3v) is 4.42. The Balaban J connectivity index is 1.85. The van der Waals surface area contributed by atoms with Crippen molar-refractivity contribution >= 4 is 22.2 Å². The Hall–Kier alpha value is -2.32. The summed E-state index contributed by atoms with van der Waals surface area (Å²) in [4.78, 5) is 12.1. The van der Waals surface area contributed by atoms with Crippen molar-refractivity contribution in [3.05, 3.63) is 46.8 Å². The molecule has 2 aromatic rings. The average Bonchev–Trinajstić information content (AvgIpc) is 2.95. The molecule has 24 heavy (non-hydrogen) atoms. The molecule has 0 radical (unpaired) electrons. The maximum atomic E-state index is 12.1. The predicted octanol–water partition coefficient (Wildman–Crippen LogP) is 4.71. The van der Waals surface area contributed by atoms with Crippen molar-refractivity contribution in [2.75, 3.05) is 11.9 Å². The molecule has 0 spiro atoms. The minimum atomic E-state index is -0.117. The van der Waals surface area contributed by atoms with Crippen LogP contribution in [0.3, 0.4) is 0 Å². The summed E-state index contributed by atoms with van der Waals surface area (Å²) >= 11 is 1.41. The fourth-order valence-corrected chi connectivity index (χ4v) is 3.39. The van der Waals surface area contributed by atoms with Crippen LogP contribution in [0.15, 0.2) is 35.7 Å². The topological polar surface area (TPSA) is 62.1 Å². The Labute approximate surface area is 147 Å². The summed E-state index contributed by atoms with van der Waals surface area (Å²) in [5.74, 6) is 0.711. The Morgan fingerprint density at radius 3 is 2.62 bits per heavy atom. The smallest absolute Gasteiger partial charge is 0.225 e. The molecule has 0 aliphatic heterocycles. The highest BCUT2D eigenvalue weighted by atomic mass is 32.1. The van der Waals surface area contributed by atoms with E-state index in [0.29, 0.717) is 30.0 Å². The van der Waals surface area contributed by atoms with E-state index in [0.717, 1.165) is 11.3 Å². The Bertz CT molecular complexity index is 724. The van der Waals surface area contributed by atoms with Gasteiger partial charge in [0.25, 0.3) is 0 Å². The van der Waals surface area contributed by atoms with Crippen molar-refractivity contribution in [2.24, 2.45) is 0 Å². The van der Waals surface area contributed by atoms with E-state index in [9.17, 15) is 10.1 Å². The SMILES string of the molecule is CC(C)(C)c1csc(NC(=O)CCCOc2ccccc2)c1C#N. The zero-order chi connectivity index (χ0) is 17.6. The number of hydrogen-bond acceptors (Lipinski definition) is 4. The van der Waals surface area contributed by atoms with Crippen LogP contribution in [0.1, 0.15) is 44.7 Å². The fourth-order valence-electron chi connectivity index (χ4n) is 2.24. The van der Waals surface area contributed by atoms with Gasteiger partial charge >= 0.3 is 0 Å². The molecule has 0 fully saturated rings. The standard InChI is InChI=1S/C19H22N2O2S/c1-19(2,3)16-13-24-18(15(16)12-20)21-17(22)10-7-11-23-14-8-5-4-6-9-14/h4-6,8-9,13H,7,10-11H2,1-3H3,(H,21,22). The number of thiophene rings is 1. The lowest BCUT2D eigenvalue weighted by molar-refractivity contribution is -0.116. The van der Waals surface area contributed by atoms with Gasteiger partial charge in [-0.3, -0.25) is 4.79 Å². The fraction of sp³-hybridized carbons (Fsp3) is 0.368. The number of carbonyl (C=O) groups is 1. The van der Waals surface area contributed by atoms with E-state index < -0.39 is 0 Å². The van der Waals surface area contributed by atoms with E-state index in [1.165, 1.54) is 11.3 Å². The number of carbonyl (C=O) groups excluding carboxylic acids is 1. The number of rotatable bonds is 6. The first-order chi connectivity index (χ1) is 11.4. The van der Waals surface area contributed by atoms with Crippen LogP contribution < -0.4 is 10.1 Å². The summed E-state index contributed by atoms with van der Waals surface area (Å²) in [7, 11) is 0. The summed E-state index contributed by atoms with van der Waals surface area (Å²) in [6.45, 7) is 6.66. The molecule has 0 unspecified atom stereocenters. The van der Waals surface area contributed by atoms with Crippen LogP contribution in [0, 0.1) is 11.3 Å². The van der Waals surface area contributed by atoms with Crippen molar-refractivity contribution in [3.8, 4) is 11.8 Å². The van der Waals surface area contributed by atoms with E-state index in [-0.39, 0.29) is 11.3 Å². The summed E-state index contributed by atoms with van der Waals surface area (Å²) < 4.78 is 5.57. The monoisotopic (exact) mass is 342 g/mol. The van der Waals surface area contributed by atoms with Crippen LogP contribution in [0.4, 0.5) is 5.00 Å². The second-order valence-electron chi connectivity index (χ2n) is 6.53. The first-order valence-corrected chi connectivity index (χ1v) is 8.79. The van der Waals surface area contributed by atoms with Gasteiger partial charge in [0.15, 0.2) is 0 Å². The van der Waals surface area contributed by atoms with Gasteiger partial charge in [-0.15, -0.1) is 11.3 Å². The van der Waals surface area contributed by atoms with E-state index in [2.05, 4.69) is 32.2 Å². The van der Waals surface area contributed by atoms with Gasteiger partial charge < -0.3 is 10.1 Å². The number of hydrogen-bond donors (Lipinski definition) is 1. The highest BCUT2D eigenvalue weighted by Gasteiger charge is 2.23. The van der Waals surface area contributed by atoms with Gasteiger partial charge in [0.2, 0.25) is 5.91 Å². The zero-order valence-electron chi connectivity index (χ0n) is 14.3. The van der Waals surface area contributed by atoms with Gasteiger partial charge in [-0.25, -0.2) is 0 Å². The number of benzene rings is 1. The average molecular weight is 342 g/mol. The van der Waals surface area contributed by atoms with Gasteiger partial charge in [0.05, 0.1) is 12.2 Å². The first-order valence-electron chi connectivity index (χ1n) is 7.91. The molecule has 1 heterocycles. The largest absolute Gasteiger partial charge is 0.494 e. The van der Waals surface area contributed by atoms with Crippen molar-refractivity contribution in [1.82, 2.24) is 0 Å². The molecule has 0 aliphatic carbocycles. The summed E-state index contributed by atoms with van der Waals surface area (Å²) in [5.41, 5.74) is 1.42. The molecule has 5 heteroatoms. The number of anilines is 1. The molecular weight excluding hydrogens is 320 g/mol. The minimum Gasteiger partial charge on any atom is -0.494 e. The molecule has 0 saturated carbocycles. The van der Waals surface area contributed by atoms with Crippen molar-refractivity contribution in [2.45, 2.75) is 39.0 Å². The zero-order valence-corrected chi connectivity index (χ0v) is 15.1. The number of nitrogens with zero attached hydrogens (tertiary/aromatic N) is 1. The normalized spacial score (nSPS) is 10.9. The number of para-hydroxylation sites is 1. The molecule has 0 bridgehead atoms. The van der Waals surface area contributed by atoms with Crippen LogP contribution in [-0.2, 0) is 10.2 Å². The molecule has 1 aromatic heterocycles. The molecule has 1 N–H and O–H groups in total. The van der Waals surface area contributed by atoms with Crippen LogP contribution in [0.2, 0.25) is 0 Å². The third kappa shape index (κ3) is 4.84. The lowest BCUT2D eigenvalue weighted by atomic mass is 9.86. The maximum absolute atomic E-state index is 12.1. The first kappa shape index (κ1) is 18.0. The van der Waals surface area contributed by atoms with E-state index in [1.807, 2.05) is 35.7 Å². The van der Waals surface area contributed by atoms with E-state index in [1.54, 1.807) is 0 Å². The number of nitrogens with one attached hydrogen (secondary N) is 1. The van der Waals surface area contributed by atoms with Crippen LogP contribution in [0.25, 0.3) is 0 Å². The Morgan fingerprint density at radius 1 is 1.29 bits per heavy atom. The highest BCUT2D eigenvalue weighted by Crippen LogP contribution is 2.35. The van der Waals surface area contributed by atoms with Gasteiger partial charge in [-0.2, -0.15) is 5.26 Å². The van der Waals surface area contributed by atoms with E-state index >= 15 is 0 Å². The molecule has 0 atom stereocenters. The highest BCUT2D eigenvalue weighted by molar-refractivity contribution is 7.14. The van der Waals surface area contributed by atoms with Gasteiger partial charge in [-0.1, -0.05) is 39.0 Å². The van der Waals surface area contributed by atoms with Gasteiger partial charge in [0, 0.05) is 6.42 Å². The Kier molecular flexibility index (Phi) is 5.99. The second-order valence-corrected chi connectivity index (χ2v) is 7.41. The molecule has 126 valence electrons. The maximum Gasteiger partial charge on any atom is 0.225 e. The van der Waals surface area contributed by atoms with Crippen molar-refractivity contribution < 1.29 is 9.53 Å². The number of nitriles is 1. The van der Waals surface area contributed by atoms with E-state index in [4.69, 9.17) is 4.74 Å². The summed E-state index contributed by atoms with van der Waals surface area (Å²) in [5, 5.41) is 14.8. The Morgan fingerprint density at radius 2 is 2.00 bits per heavy atom. The molecule has 4 nitrogen and oxygen atoms in total. The molecule has 1 aromatic carbocycles.